The van der Waals surface area contributed by atoms with Gasteiger partial charge in [0.25, 0.3) is 0 Å². The van der Waals surface area contributed by atoms with Crippen LogP contribution in [0.1, 0.15) is 20.4 Å². The zero-order valence-corrected chi connectivity index (χ0v) is 15.2. The van der Waals surface area contributed by atoms with Crippen LogP contribution in [-0.4, -0.2) is 34.7 Å². The van der Waals surface area contributed by atoms with Crippen LogP contribution in [-0.2, 0) is 0 Å². The number of ketones is 1. The third-order valence-corrected chi connectivity index (χ3v) is 4.07. The van der Waals surface area contributed by atoms with E-state index in [0.29, 0.717) is 16.5 Å². The summed E-state index contributed by atoms with van der Waals surface area (Å²) in [6.45, 7) is 3.68. The molecule has 0 aromatic carbocycles. The van der Waals surface area contributed by atoms with Crippen molar-refractivity contribution in [2.75, 3.05) is 14.1 Å². The second-order valence-corrected chi connectivity index (χ2v) is 6.85. The van der Waals surface area contributed by atoms with Crippen molar-refractivity contribution in [3.63, 3.8) is 0 Å². The molecule has 0 aliphatic heterocycles. The van der Waals surface area contributed by atoms with E-state index in [1.165, 1.54) is 17.4 Å². The highest BCUT2D eigenvalue weighted by atomic mass is 79.9. The van der Waals surface area contributed by atoms with Gasteiger partial charge in [-0.05, 0) is 41.9 Å². The predicted octanol–water partition coefficient (Wildman–Crippen LogP) is 3.97. The lowest BCUT2D eigenvalue weighted by Gasteiger charge is -2.07. The molecule has 0 saturated heterocycles. The van der Waals surface area contributed by atoms with Gasteiger partial charge >= 0.3 is 0 Å². The topological polar surface area (TPSA) is 55.3 Å². The highest BCUT2D eigenvalue weighted by Gasteiger charge is 2.18. The van der Waals surface area contributed by atoms with Gasteiger partial charge in [-0.2, -0.15) is 0 Å². The lowest BCUT2D eigenvalue weighted by Crippen LogP contribution is -2.03. The summed E-state index contributed by atoms with van der Waals surface area (Å²) >= 11 is 4.63. The monoisotopic (exact) mass is 381 g/mol. The summed E-state index contributed by atoms with van der Waals surface area (Å²) in [5.41, 5.74) is 0.724. The molecule has 0 radical (unpaired) electrons. The number of nitrogens with zero attached hydrogens (tertiary/aromatic N) is 3. The number of carbonyl (C=O) groups excluding carboxylic acids is 1. The van der Waals surface area contributed by atoms with Gasteiger partial charge in [-0.1, -0.05) is 0 Å². The normalized spacial score (nSPS) is 11.0. The van der Waals surface area contributed by atoms with Crippen molar-refractivity contribution in [2.24, 2.45) is 0 Å². The smallest absolute Gasteiger partial charge is 0.241 e. The van der Waals surface area contributed by atoms with Gasteiger partial charge in [-0.3, -0.25) is 4.79 Å². The third-order valence-electron chi connectivity index (χ3n) is 2.66. The Bertz CT molecular complexity index is 726. The fraction of sp³-hybridized carbons (Fsp3) is 0.267. The van der Waals surface area contributed by atoms with Crippen LogP contribution >= 0.6 is 27.3 Å². The summed E-state index contributed by atoms with van der Waals surface area (Å²) in [5.74, 6) is 0.777. The molecule has 2 rings (SSSR count). The number of hydrogen-bond acceptors (Lipinski definition) is 6. The molecule has 0 saturated carbocycles. The first kappa shape index (κ1) is 16.6. The number of carbonyl (C=O) groups is 1. The average Bonchev–Trinajstić information content (AvgIpc) is 2.80. The van der Waals surface area contributed by atoms with Crippen molar-refractivity contribution in [3.8, 4) is 11.6 Å². The molecule has 0 spiro atoms. The summed E-state index contributed by atoms with van der Waals surface area (Å²) in [4.78, 5) is 23.1. The Morgan fingerprint density at radius 1 is 1.32 bits per heavy atom. The first-order valence-corrected chi connectivity index (χ1v) is 8.15. The van der Waals surface area contributed by atoms with Crippen molar-refractivity contribution in [1.82, 2.24) is 14.9 Å². The van der Waals surface area contributed by atoms with Crippen molar-refractivity contribution in [2.45, 2.75) is 13.8 Å². The van der Waals surface area contributed by atoms with Gasteiger partial charge in [0.05, 0.1) is 10.7 Å². The van der Waals surface area contributed by atoms with Crippen molar-refractivity contribution in [1.29, 1.82) is 0 Å². The Morgan fingerprint density at radius 3 is 2.68 bits per heavy atom. The number of aromatic nitrogens is 2. The second kappa shape index (κ2) is 7.02. The number of rotatable bonds is 5. The molecule has 0 aliphatic rings. The van der Waals surface area contributed by atoms with E-state index in [-0.39, 0.29) is 5.78 Å². The molecule has 7 heteroatoms. The van der Waals surface area contributed by atoms with E-state index in [2.05, 4.69) is 25.9 Å². The van der Waals surface area contributed by atoms with Gasteiger partial charge in [0.15, 0.2) is 5.75 Å². The highest BCUT2D eigenvalue weighted by molar-refractivity contribution is 9.10. The number of thiazole rings is 1. The molecule has 2 aromatic rings. The minimum absolute atomic E-state index is 0.128. The van der Waals surface area contributed by atoms with E-state index in [0.717, 1.165) is 15.3 Å². The van der Waals surface area contributed by atoms with Crippen molar-refractivity contribution < 1.29 is 9.53 Å². The van der Waals surface area contributed by atoms with Gasteiger partial charge < -0.3 is 9.64 Å². The molecule has 116 valence electrons. The van der Waals surface area contributed by atoms with Crippen LogP contribution in [0.25, 0.3) is 0 Å². The van der Waals surface area contributed by atoms with Crippen LogP contribution in [0, 0.1) is 13.8 Å². The summed E-state index contributed by atoms with van der Waals surface area (Å²) in [5, 5.41) is 0.777. The summed E-state index contributed by atoms with van der Waals surface area (Å²) in [7, 11) is 3.71. The quantitative estimate of drug-likeness (QED) is 0.445. The molecule has 0 amide bonds. The van der Waals surface area contributed by atoms with Gasteiger partial charge in [-0.25, -0.2) is 9.97 Å². The van der Waals surface area contributed by atoms with E-state index < -0.39 is 0 Å². The maximum Gasteiger partial charge on any atom is 0.241 e. The molecule has 0 aliphatic carbocycles. The largest absolute Gasteiger partial charge is 0.436 e. The molecular weight excluding hydrogens is 366 g/mol. The maximum absolute atomic E-state index is 12.3. The number of halogens is 1. The molecule has 22 heavy (non-hydrogen) atoms. The number of allylic oxidation sites excluding steroid dienone is 1. The van der Waals surface area contributed by atoms with Crippen LogP contribution < -0.4 is 4.74 Å². The van der Waals surface area contributed by atoms with E-state index in [1.54, 1.807) is 23.2 Å². The summed E-state index contributed by atoms with van der Waals surface area (Å²) in [6.07, 6.45) is 3.21. The zero-order valence-electron chi connectivity index (χ0n) is 12.8. The fourth-order valence-electron chi connectivity index (χ4n) is 1.65. The van der Waals surface area contributed by atoms with Crippen LogP contribution in [0.15, 0.2) is 29.0 Å². The van der Waals surface area contributed by atoms with Crippen LogP contribution in [0.5, 0.6) is 11.6 Å². The summed E-state index contributed by atoms with van der Waals surface area (Å²) < 4.78 is 6.53. The molecular formula is C15H16BrN3O2S. The molecule has 0 atom stereocenters. The maximum atomic E-state index is 12.3. The Kier molecular flexibility index (Phi) is 5.31. The van der Waals surface area contributed by atoms with Gasteiger partial charge in [0.1, 0.15) is 9.48 Å². The van der Waals surface area contributed by atoms with E-state index in [4.69, 9.17) is 4.74 Å². The Morgan fingerprint density at radius 2 is 2.05 bits per heavy atom. The minimum atomic E-state index is -0.128. The average molecular weight is 382 g/mol. The van der Waals surface area contributed by atoms with Gasteiger partial charge in [-0.15, -0.1) is 11.3 Å². The van der Waals surface area contributed by atoms with E-state index in [9.17, 15) is 4.79 Å². The predicted molar refractivity (Wildman–Crippen MR) is 90.8 cm³/mol. The lowest BCUT2D eigenvalue weighted by atomic mass is 10.3. The molecule has 5 nitrogen and oxygen atoms in total. The third kappa shape index (κ3) is 4.14. The highest BCUT2D eigenvalue weighted by Crippen LogP contribution is 2.31. The molecule has 0 N–H and O–H groups in total. The first-order valence-electron chi connectivity index (χ1n) is 6.54. The fourth-order valence-corrected chi connectivity index (χ4v) is 2.82. The first-order chi connectivity index (χ1) is 10.4. The van der Waals surface area contributed by atoms with Crippen molar-refractivity contribution in [3.05, 3.63) is 44.6 Å². The molecule has 0 bridgehead atoms. The Balaban J connectivity index is 2.30. The number of pyridine rings is 1. The standard InChI is InChI=1S/C15H16BrN3O2S/c1-9-12(5-6-13(16)17-9)21-15-14(22-10(2)18-15)11(20)7-8-19(3)4/h5-8H,1-4H3/b8-7+. The number of aryl methyl sites for hydroxylation is 2. The molecule has 0 unspecified atom stereocenters. The molecule has 0 fully saturated rings. The molecule has 2 aromatic heterocycles. The second-order valence-electron chi connectivity index (χ2n) is 4.83. The zero-order chi connectivity index (χ0) is 16.3. The number of ether oxygens (including phenoxy) is 1. The van der Waals surface area contributed by atoms with E-state index >= 15 is 0 Å². The summed E-state index contributed by atoms with van der Waals surface area (Å²) in [6, 6.07) is 3.58. The van der Waals surface area contributed by atoms with E-state index in [1.807, 2.05) is 27.9 Å². The van der Waals surface area contributed by atoms with Crippen LogP contribution in [0.2, 0.25) is 0 Å². The number of hydrogen-bond donors (Lipinski definition) is 0. The SMILES string of the molecule is Cc1nc(Oc2ccc(Br)nc2C)c(C(=O)/C=C/N(C)C)s1. The lowest BCUT2D eigenvalue weighted by molar-refractivity contribution is 0.104. The van der Waals surface area contributed by atoms with Crippen molar-refractivity contribution >= 4 is 33.0 Å². The van der Waals surface area contributed by atoms with Crippen LogP contribution in [0.4, 0.5) is 0 Å². The Labute approximate surface area is 141 Å². The molecule has 2 heterocycles. The minimum Gasteiger partial charge on any atom is -0.436 e. The van der Waals surface area contributed by atoms with Gasteiger partial charge in [0.2, 0.25) is 11.7 Å². The van der Waals surface area contributed by atoms with Gasteiger partial charge in [0, 0.05) is 26.4 Å². The Hall–Kier alpha value is -1.73. The van der Waals surface area contributed by atoms with Crippen LogP contribution in [0.3, 0.4) is 0 Å².